The molecule has 0 saturated carbocycles. The molecule has 31 heavy (non-hydrogen) atoms. The monoisotopic (exact) mass is 460 g/mol. The Morgan fingerprint density at radius 2 is 1.74 bits per heavy atom. The van der Waals surface area contributed by atoms with Crippen LogP contribution in [0.3, 0.4) is 0 Å². The number of nitrogens with one attached hydrogen (secondary N) is 1. The first-order valence-electron chi connectivity index (χ1n) is 8.88. The van der Waals surface area contributed by atoms with Crippen LogP contribution >= 0.6 is 23.2 Å². The summed E-state index contributed by atoms with van der Waals surface area (Å²) in [6.45, 7) is -0.266. The molecular weight excluding hydrogens is 449 g/mol. The maximum absolute atomic E-state index is 14.2. The summed E-state index contributed by atoms with van der Waals surface area (Å²) in [6.07, 6.45) is 5.17. The number of hydrogen-bond donors (Lipinski definition) is 1. The summed E-state index contributed by atoms with van der Waals surface area (Å²) < 4.78 is 29.8. The Balaban J connectivity index is 1.84. The van der Waals surface area contributed by atoms with E-state index in [0.717, 1.165) is 12.1 Å². The second kappa shape index (κ2) is 8.41. The van der Waals surface area contributed by atoms with Gasteiger partial charge in [0, 0.05) is 30.4 Å². The topological polar surface area (TPSA) is 76.9 Å². The molecule has 4 aromatic rings. The van der Waals surface area contributed by atoms with Gasteiger partial charge in [-0.15, -0.1) is 0 Å². The number of hydrogen-bond acceptors (Lipinski definition) is 4. The zero-order valence-electron chi connectivity index (χ0n) is 15.6. The number of halogens is 4. The highest BCUT2D eigenvalue weighted by molar-refractivity contribution is 6.39. The molecule has 0 atom stereocenters. The Bertz CT molecular complexity index is 1350. The van der Waals surface area contributed by atoms with Gasteiger partial charge in [0.1, 0.15) is 22.7 Å². The Morgan fingerprint density at radius 1 is 1.06 bits per heavy atom. The van der Waals surface area contributed by atoms with Gasteiger partial charge in [-0.05, 0) is 24.3 Å². The van der Waals surface area contributed by atoms with Gasteiger partial charge in [-0.1, -0.05) is 29.3 Å². The van der Waals surface area contributed by atoms with Crippen molar-refractivity contribution >= 4 is 45.8 Å². The van der Waals surface area contributed by atoms with Gasteiger partial charge < -0.3 is 9.88 Å². The normalized spacial score (nSPS) is 11.0. The van der Waals surface area contributed by atoms with E-state index in [0.29, 0.717) is 5.52 Å². The molecule has 0 aliphatic carbocycles. The first-order valence-corrected chi connectivity index (χ1v) is 9.64. The maximum atomic E-state index is 14.2. The highest BCUT2D eigenvalue weighted by atomic mass is 35.5. The molecule has 6 nitrogen and oxygen atoms in total. The van der Waals surface area contributed by atoms with E-state index in [-0.39, 0.29) is 38.9 Å². The summed E-state index contributed by atoms with van der Waals surface area (Å²) in [4.78, 5) is 33.6. The molecule has 0 unspecified atom stereocenters. The van der Waals surface area contributed by atoms with Crippen LogP contribution in [0.25, 0.3) is 11.0 Å². The lowest BCUT2D eigenvalue weighted by Gasteiger charge is -2.14. The molecule has 0 aliphatic heterocycles. The van der Waals surface area contributed by atoms with Gasteiger partial charge in [0.2, 0.25) is 5.43 Å². The number of rotatable bonds is 4. The zero-order valence-corrected chi connectivity index (χ0v) is 17.1. The Labute approximate surface area is 184 Å². The number of carbonyl (C=O) groups excluding carboxylic acids is 1. The van der Waals surface area contributed by atoms with E-state index in [4.69, 9.17) is 23.2 Å². The van der Waals surface area contributed by atoms with Crippen LogP contribution in [0.2, 0.25) is 10.0 Å². The average Bonchev–Trinajstić information content (AvgIpc) is 2.75. The van der Waals surface area contributed by atoms with Crippen molar-refractivity contribution in [3.8, 4) is 0 Å². The number of pyridine rings is 3. The lowest BCUT2D eigenvalue weighted by atomic mass is 10.1. The Hall–Kier alpha value is -3.36. The number of nitrogens with zero attached hydrogens (tertiary/aromatic N) is 3. The molecule has 0 aliphatic rings. The second-order valence-electron chi connectivity index (χ2n) is 6.50. The van der Waals surface area contributed by atoms with E-state index in [1.165, 1.54) is 35.4 Å². The number of benzene rings is 1. The largest absolute Gasteiger partial charge is 0.341 e. The van der Waals surface area contributed by atoms with Crippen LogP contribution < -0.4 is 10.7 Å². The molecule has 0 radical (unpaired) electrons. The van der Waals surface area contributed by atoms with Crippen molar-refractivity contribution in [1.29, 1.82) is 0 Å². The average molecular weight is 461 g/mol. The van der Waals surface area contributed by atoms with Crippen LogP contribution in [-0.4, -0.2) is 20.4 Å². The third-order valence-corrected chi connectivity index (χ3v) is 5.14. The lowest BCUT2D eigenvalue weighted by molar-refractivity contribution is 0.102. The van der Waals surface area contributed by atoms with Crippen molar-refractivity contribution in [3.05, 3.63) is 98.1 Å². The first kappa shape index (κ1) is 20.9. The molecular formula is C21H12Cl2F2N4O2. The summed E-state index contributed by atoms with van der Waals surface area (Å²) in [5.41, 5.74) is -0.810. The van der Waals surface area contributed by atoms with Crippen LogP contribution in [0.15, 0.2) is 59.9 Å². The molecule has 4 rings (SSSR count). The quantitative estimate of drug-likeness (QED) is 0.479. The van der Waals surface area contributed by atoms with Crippen LogP contribution in [-0.2, 0) is 6.54 Å². The predicted molar refractivity (Wildman–Crippen MR) is 114 cm³/mol. The smallest absolute Gasteiger partial charge is 0.261 e. The van der Waals surface area contributed by atoms with Crippen molar-refractivity contribution in [2.75, 3.05) is 5.32 Å². The fraction of sp³-hybridized carbons (Fsp3) is 0.0476. The van der Waals surface area contributed by atoms with Crippen molar-refractivity contribution in [3.63, 3.8) is 0 Å². The van der Waals surface area contributed by atoms with Gasteiger partial charge in [0.05, 0.1) is 27.8 Å². The molecule has 1 amide bonds. The van der Waals surface area contributed by atoms with E-state index < -0.39 is 23.0 Å². The van der Waals surface area contributed by atoms with Crippen LogP contribution in [0.4, 0.5) is 14.5 Å². The number of amides is 1. The first-order chi connectivity index (χ1) is 14.9. The van der Waals surface area contributed by atoms with E-state index in [2.05, 4.69) is 15.3 Å². The number of fused-ring (bicyclic) bond motifs is 1. The maximum Gasteiger partial charge on any atom is 0.261 e. The molecule has 10 heteroatoms. The van der Waals surface area contributed by atoms with E-state index in [9.17, 15) is 18.4 Å². The van der Waals surface area contributed by atoms with Crippen LogP contribution in [0.1, 0.15) is 15.9 Å². The molecule has 0 spiro atoms. The minimum absolute atomic E-state index is 0.0289. The van der Waals surface area contributed by atoms with Crippen molar-refractivity contribution in [2.45, 2.75) is 6.54 Å². The van der Waals surface area contributed by atoms with Gasteiger partial charge in [-0.25, -0.2) is 8.78 Å². The second-order valence-corrected chi connectivity index (χ2v) is 7.32. The summed E-state index contributed by atoms with van der Waals surface area (Å²) in [6, 6.07) is 6.65. The fourth-order valence-corrected chi connectivity index (χ4v) is 3.53. The summed E-state index contributed by atoms with van der Waals surface area (Å²) in [5.74, 6) is -2.32. The van der Waals surface area contributed by atoms with Gasteiger partial charge in [0.15, 0.2) is 0 Å². The van der Waals surface area contributed by atoms with Crippen molar-refractivity contribution in [1.82, 2.24) is 14.5 Å². The Kier molecular flexibility index (Phi) is 5.67. The standard InChI is InChI=1S/C21H12Cl2F2N4O2/c22-13-7-26-8-14(23)18(13)28-21(31)12-10-29(9-11-15(24)3-1-4-16(11)25)17-5-2-6-27-19(17)20(12)30/h1-8,10H,9H2,(H,26,28,31). The minimum atomic E-state index is -0.810. The van der Waals surface area contributed by atoms with Gasteiger partial charge >= 0.3 is 0 Å². The predicted octanol–water partition coefficient (Wildman–Crippen LogP) is 4.68. The number of carbonyl (C=O) groups is 1. The van der Waals surface area contributed by atoms with Gasteiger partial charge in [-0.3, -0.25) is 19.6 Å². The molecule has 0 fully saturated rings. The van der Waals surface area contributed by atoms with E-state index in [1.807, 2.05) is 0 Å². The van der Waals surface area contributed by atoms with Gasteiger partial charge in [0.25, 0.3) is 5.91 Å². The molecule has 156 valence electrons. The van der Waals surface area contributed by atoms with Gasteiger partial charge in [-0.2, -0.15) is 0 Å². The third kappa shape index (κ3) is 3.99. The molecule has 0 saturated heterocycles. The highest BCUT2D eigenvalue weighted by Crippen LogP contribution is 2.29. The summed E-state index contributed by atoms with van der Waals surface area (Å²) in [7, 11) is 0. The van der Waals surface area contributed by atoms with E-state index in [1.54, 1.807) is 12.1 Å². The number of anilines is 1. The van der Waals surface area contributed by atoms with E-state index >= 15 is 0 Å². The SMILES string of the molecule is O=C(Nc1c(Cl)cncc1Cl)c1cn(Cc2c(F)cccc2F)c2cccnc2c1=O. The lowest BCUT2D eigenvalue weighted by Crippen LogP contribution is -2.25. The zero-order chi connectivity index (χ0) is 22.1. The fourth-order valence-electron chi connectivity index (χ4n) is 3.07. The number of aromatic nitrogens is 3. The minimum Gasteiger partial charge on any atom is -0.341 e. The molecule has 0 bridgehead atoms. The molecule has 1 aromatic carbocycles. The van der Waals surface area contributed by atoms with Crippen molar-refractivity contribution in [2.24, 2.45) is 0 Å². The molecule has 3 aromatic heterocycles. The highest BCUT2D eigenvalue weighted by Gasteiger charge is 2.20. The molecule has 1 N–H and O–H groups in total. The summed E-state index contributed by atoms with van der Waals surface area (Å²) >= 11 is 12.1. The Morgan fingerprint density at radius 3 is 2.42 bits per heavy atom. The van der Waals surface area contributed by atoms with Crippen LogP contribution in [0.5, 0.6) is 0 Å². The van der Waals surface area contributed by atoms with Crippen LogP contribution in [0, 0.1) is 11.6 Å². The van der Waals surface area contributed by atoms with Crippen molar-refractivity contribution < 1.29 is 13.6 Å². The third-order valence-electron chi connectivity index (χ3n) is 4.57. The molecule has 3 heterocycles. The summed E-state index contributed by atoms with van der Waals surface area (Å²) in [5, 5.41) is 2.64.